The number of hydrogen-bond donors (Lipinski definition) is 0. The van der Waals surface area contributed by atoms with Crippen molar-refractivity contribution in [2.75, 3.05) is 32.8 Å². The lowest BCUT2D eigenvalue weighted by Crippen LogP contribution is -2.52. The number of hydrogen-bond acceptors (Lipinski definition) is 5. The highest BCUT2D eigenvalue weighted by molar-refractivity contribution is 5.94. The average molecular weight is 449 g/mol. The van der Waals surface area contributed by atoms with Crippen LogP contribution in [0.3, 0.4) is 0 Å². The van der Waals surface area contributed by atoms with Crippen molar-refractivity contribution in [3.63, 3.8) is 0 Å². The highest BCUT2D eigenvalue weighted by atomic mass is 16.5. The van der Waals surface area contributed by atoms with Crippen LogP contribution in [0.2, 0.25) is 0 Å². The Morgan fingerprint density at radius 2 is 2.00 bits per heavy atom. The molecule has 0 unspecified atom stereocenters. The quantitative estimate of drug-likeness (QED) is 0.580. The second-order valence-corrected chi connectivity index (χ2v) is 9.07. The van der Waals surface area contributed by atoms with Crippen LogP contribution in [0.4, 0.5) is 0 Å². The molecule has 8 nitrogen and oxygen atoms in total. The summed E-state index contributed by atoms with van der Waals surface area (Å²) in [5, 5.41) is 8.68. The van der Waals surface area contributed by atoms with Gasteiger partial charge in [-0.05, 0) is 49.7 Å². The highest BCUT2D eigenvalue weighted by Crippen LogP contribution is 2.32. The van der Waals surface area contributed by atoms with E-state index in [9.17, 15) is 4.79 Å². The first-order chi connectivity index (χ1) is 16.2. The zero-order chi connectivity index (χ0) is 22.6. The lowest BCUT2D eigenvalue weighted by molar-refractivity contribution is -0.0741. The predicted molar refractivity (Wildman–Crippen MR) is 125 cm³/mol. The standard InChI is InChI=1S/C25H32N6O2/c1-28-18-22(16-27-28)24-23(19-29-10-3-2-4-11-29)33-14-13-31(24)25(32)21-8-5-7-20(15-21)17-30-12-6-9-26-30/h5-9,12,15-16,18,23-24H,2-4,10-11,13-14,17,19H2,1H3/t23-,24-/m0/s1. The molecule has 2 aliphatic heterocycles. The summed E-state index contributed by atoms with van der Waals surface area (Å²) in [5.74, 6) is 0.0399. The number of nitrogens with zero attached hydrogens (tertiary/aromatic N) is 6. The lowest BCUT2D eigenvalue weighted by Gasteiger charge is -2.43. The number of carbonyl (C=O) groups excluding carboxylic acids is 1. The van der Waals surface area contributed by atoms with E-state index in [0.717, 1.165) is 30.8 Å². The number of morpholine rings is 1. The monoisotopic (exact) mass is 448 g/mol. The molecule has 0 spiro atoms. The molecule has 2 aromatic heterocycles. The molecule has 0 aliphatic carbocycles. The highest BCUT2D eigenvalue weighted by Gasteiger charge is 2.38. The summed E-state index contributed by atoms with van der Waals surface area (Å²) >= 11 is 0. The number of benzene rings is 1. The van der Waals surface area contributed by atoms with Gasteiger partial charge in [0.15, 0.2) is 0 Å². The molecule has 5 rings (SSSR count). The molecule has 4 heterocycles. The Hall–Kier alpha value is -2.97. The van der Waals surface area contributed by atoms with E-state index < -0.39 is 0 Å². The van der Waals surface area contributed by atoms with Crippen LogP contribution in [-0.4, -0.2) is 74.2 Å². The molecule has 3 aromatic rings. The number of carbonyl (C=O) groups is 1. The molecule has 8 heteroatoms. The number of aryl methyl sites for hydroxylation is 1. The van der Waals surface area contributed by atoms with Crippen LogP contribution in [0.5, 0.6) is 0 Å². The fraction of sp³-hybridized carbons (Fsp3) is 0.480. The molecule has 33 heavy (non-hydrogen) atoms. The van der Waals surface area contributed by atoms with Crippen LogP contribution >= 0.6 is 0 Å². The molecule has 0 bridgehead atoms. The normalized spacial score (nSPS) is 21.9. The third kappa shape index (κ3) is 5.02. The van der Waals surface area contributed by atoms with E-state index in [1.54, 1.807) is 10.9 Å². The molecule has 1 amide bonds. The Morgan fingerprint density at radius 3 is 2.76 bits per heavy atom. The molecular formula is C25H32N6O2. The van der Waals surface area contributed by atoms with Crippen LogP contribution in [0.15, 0.2) is 55.1 Å². The topological polar surface area (TPSA) is 68.4 Å². The van der Waals surface area contributed by atoms with Gasteiger partial charge in [0.05, 0.1) is 31.5 Å². The van der Waals surface area contributed by atoms with E-state index in [1.807, 2.05) is 65.6 Å². The third-order valence-electron chi connectivity index (χ3n) is 6.64. The maximum atomic E-state index is 13.8. The van der Waals surface area contributed by atoms with Crippen molar-refractivity contribution in [3.8, 4) is 0 Å². The van der Waals surface area contributed by atoms with Crippen LogP contribution in [0.1, 0.15) is 46.8 Å². The summed E-state index contributed by atoms with van der Waals surface area (Å²) in [7, 11) is 1.91. The van der Waals surface area contributed by atoms with Gasteiger partial charge in [-0.25, -0.2) is 0 Å². The predicted octanol–water partition coefficient (Wildman–Crippen LogP) is 2.73. The van der Waals surface area contributed by atoms with E-state index >= 15 is 0 Å². The van der Waals surface area contributed by atoms with Gasteiger partial charge in [0.2, 0.25) is 0 Å². The average Bonchev–Trinajstić information content (AvgIpc) is 3.51. The van der Waals surface area contributed by atoms with Crippen molar-refractivity contribution in [1.29, 1.82) is 0 Å². The summed E-state index contributed by atoms with van der Waals surface area (Å²) in [6.07, 6.45) is 11.3. The second-order valence-electron chi connectivity index (χ2n) is 9.07. The number of aromatic nitrogens is 4. The SMILES string of the molecule is Cn1cc([C@H]2[C@H](CN3CCCCC3)OCCN2C(=O)c2cccc(Cn3cccn3)c2)cn1. The summed E-state index contributed by atoms with van der Waals surface area (Å²) in [6.45, 7) is 4.79. The Balaban J connectivity index is 1.40. The number of ether oxygens (including phenoxy) is 1. The molecule has 1 aromatic carbocycles. The fourth-order valence-electron chi connectivity index (χ4n) is 5.05. The first-order valence-corrected chi connectivity index (χ1v) is 11.9. The Morgan fingerprint density at radius 1 is 1.12 bits per heavy atom. The van der Waals surface area contributed by atoms with Gasteiger partial charge in [0.25, 0.3) is 5.91 Å². The maximum Gasteiger partial charge on any atom is 0.254 e. The molecule has 0 radical (unpaired) electrons. The number of rotatable bonds is 6. The zero-order valence-electron chi connectivity index (χ0n) is 19.2. The summed E-state index contributed by atoms with van der Waals surface area (Å²) in [4.78, 5) is 18.3. The van der Waals surface area contributed by atoms with E-state index in [0.29, 0.717) is 25.3 Å². The number of amides is 1. The van der Waals surface area contributed by atoms with Gasteiger partial charge >= 0.3 is 0 Å². The van der Waals surface area contributed by atoms with Crippen LogP contribution in [0, 0.1) is 0 Å². The Labute approximate surface area is 194 Å². The largest absolute Gasteiger partial charge is 0.373 e. The first kappa shape index (κ1) is 21.9. The number of piperidine rings is 1. The molecule has 0 N–H and O–H groups in total. The molecule has 0 saturated carbocycles. The van der Waals surface area contributed by atoms with Crippen LogP contribution in [-0.2, 0) is 18.3 Å². The summed E-state index contributed by atoms with van der Waals surface area (Å²) in [6, 6.07) is 9.64. The minimum atomic E-state index is -0.156. The molecular weight excluding hydrogens is 416 g/mol. The van der Waals surface area contributed by atoms with Crippen molar-refractivity contribution >= 4 is 5.91 Å². The minimum absolute atomic E-state index is 0.0399. The maximum absolute atomic E-state index is 13.8. The van der Waals surface area contributed by atoms with Crippen molar-refractivity contribution in [2.45, 2.75) is 38.0 Å². The smallest absolute Gasteiger partial charge is 0.254 e. The number of likely N-dealkylation sites (tertiary alicyclic amines) is 1. The van der Waals surface area contributed by atoms with Crippen molar-refractivity contribution in [1.82, 2.24) is 29.4 Å². The van der Waals surface area contributed by atoms with Crippen molar-refractivity contribution in [2.24, 2.45) is 7.05 Å². The van der Waals surface area contributed by atoms with Crippen LogP contribution < -0.4 is 0 Å². The van der Waals surface area contributed by atoms with E-state index in [4.69, 9.17) is 4.74 Å². The Bertz CT molecular complexity index is 1060. The van der Waals surface area contributed by atoms with Gasteiger partial charge in [0.1, 0.15) is 0 Å². The van der Waals surface area contributed by atoms with E-state index in [2.05, 4.69) is 15.1 Å². The van der Waals surface area contributed by atoms with E-state index in [1.165, 1.54) is 19.3 Å². The van der Waals surface area contributed by atoms with Gasteiger partial charge in [-0.15, -0.1) is 0 Å². The van der Waals surface area contributed by atoms with Crippen molar-refractivity contribution < 1.29 is 9.53 Å². The second kappa shape index (κ2) is 9.89. The minimum Gasteiger partial charge on any atom is -0.373 e. The molecule has 2 fully saturated rings. The molecule has 2 saturated heterocycles. The summed E-state index contributed by atoms with van der Waals surface area (Å²) < 4.78 is 9.95. The summed E-state index contributed by atoms with van der Waals surface area (Å²) in [5.41, 5.74) is 2.79. The molecule has 2 atom stereocenters. The van der Waals surface area contributed by atoms with Gasteiger partial charge in [-0.2, -0.15) is 10.2 Å². The van der Waals surface area contributed by atoms with E-state index in [-0.39, 0.29) is 18.1 Å². The van der Waals surface area contributed by atoms with Crippen LogP contribution in [0.25, 0.3) is 0 Å². The van der Waals surface area contributed by atoms with Gasteiger partial charge in [-0.3, -0.25) is 14.2 Å². The fourth-order valence-corrected chi connectivity index (χ4v) is 5.05. The molecule has 174 valence electrons. The van der Waals surface area contributed by atoms with Crippen molar-refractivity contribution in [3.05, 3.63) is 71.8 Å². The zero-order valence-corrected chi connectivity index (χ0v) is 19.2. The lowest BCUT2D eigenvalue weighted by atomic mass is 9.98. The third-order valence-corrected chi connectivity index (χ3v) is 6.64. The van der Waals surface area contributed by atoms with Gasteiger partial charge in [-0.1, -0.05) is 18.6 Å². The van der Waals surface area contributed by atoms with Gasteiger partial charge in [0, 0.05) is 49.9 Å². The first-order valence-electron chi connectivity index (χ1n) is 11.9. The van der Waals surface area contributed by atoms with Gasteiger partial charge < -0.3 is 14.5 Å². The Kier molecular flexibility index (Phi) is 6.55. The molecule has 2 aliphatic rings.